The zero-order valence-electron chi connectivity index (χ0n) is 26.8. The van der Waals surface area contributed by atoms with E-state index in [1.165, 1.54) is 103 Å². The monoisotopic (exact) mass is 653 g/mol. The summed E-state index contributed by atoms with van der Waals surface area (Å²) in [5.74, 6) is 0. The largest absolute Gasteiger partial charge is 0.309 e. The third-order valence-electron chi connectivity index (χ3n) is 10.8. The maximum Gasteiger partial charge on any atom is 0.131 e. The van der Waals surface area contributed by atoms with Crippen molar-refractivity contribution in [2.24, 2.45) is 0 Å². The number of fused-ring (bicyclic) bond motifs is 13. The van der Waals surface area contributed by atoms with Crippen LogP contribution < -0.4 is 0 Å². The molecule has 4 heteroatoms. The van der Waals surface area contributed by atoms with E-state index in [-0.39, 0.29) is 0 Å². The third-order valence-corrected chi connectivity index (χ3v) is 11.9. The predicted molar refractivity (Wildman–Crippen MR) is 211 cm³/mol. The lowest BCUT2D eigenvalue weighted by Gasteiger charge is -2.21. The summed E-state index contributed by atoms with van der Waals surface area (Å²) in [7, 11) is 0. The van der Waals surface area contributed by atoms with E-state index in [1.54, 1.807) is 0 Å². The molecule has 0 amide bonds. The summed E-state index contributed by atoms with van der Waals surface area (Å²) in [4.78, 5) is 2.58. The van der Waals surface area contributed by atoms with Crippen molar-refractivity contribution >= 4 is 88.0 Å². The van der Waals surface area contributed by atoms with Gasteiger partial charge in [-0.3, -0.25) is 9.13 Å². The van der Waals surface area contributed by atoms with E-state index in [4.69, 9.17) is 0 Å². The molecular weight excluding hydrogens is 627 g/mol. The highest BCUT2D eigenvalue weighted by Crippen LogP contribution is 2.50. The van der Waals surface area contributed by atoms with Crippen LogP contribution in [0.5, 0.6) is 0 Å². The minimum Gasteiger partial charge on any atom is -0.309 e. The van der Waals surface area contributed by atoms with E-state index in [2.05, 4.69) is 177 Å². The van der Waals surface area contributed by atoms with Crippen LogP contribution in [0.3, 0.4) is 0 Å². The van der Waals surface area contributed by atoms with Crippen molar-refractivity contribution < 1.29 is 0 Å². The van der Waals surface area contributed by atoms with E-state index in [1.807, 2.05) is 11.8 Å². The number of nitrogens with zero attached hydrogens (tertiary/aromatic N) is 3. The Morgan fingerprint density at radius 3 is 1.70 bits per heavy atom. The molecule has 0 aliphatic carbocycles. The fraction of sp³-hybridized carbons (Fsp3) is 0. The fourth-order valence-electron chi connectivity index (χ4n) is 8.84. The van der Waals surface area contributed by atoms with Crippen molar-refractivity contribution in [3.05, 3.63) is 164 Å². The van der Waals surface area contributed by atoms with Gasteiger partial charge in [0.25, 0.3) is 0 Å². The normalized spacial score (nSPS) is 12.7. The second-order valence-electron chi connectivity index (χ2n) is 13.3. The first-order valence-corrected chi connectivity index (χ1v) is 17.9. The fourth-order valence-corrected chi connectivity index (χ4v) is 9.93. The average Bonchev–Trinajstić information content (AvgIpc) is 3.81. The van der Waals surface area contributed by atoms with Crippen LogP contribution in [0.15, 0.2) is 174 Å². The van der Waals surface area contributed by atoms with Gasteiger partial charge in [0.2, 0.25) is 0 Å². The molecule has 11 aromatic rings. The Morgan fingerprint density at radius 2 is 0.880 bits per heavy atom. The zero-order chi connectivity index (χ0) is 32.5. The van der Waals surface area contributed by atoms with Crippen molar-refractivity contribution in [2.75, 3.05) is 0 Å². The Hall–Kier alpha value is -6.23. The molecule has 0 fully saturated rings. The number of hydrogen-bond donors (Lipinski definition) is 0. The number of rotatable bonds is 2. The molecule has 0 atom stereocenters. The lowest BCUT2D eigenvalue weighted by molar-refractivity contribution is 1.03. The highest BCUT2D eigenvalue weighted by molar-refractivity contribution is 7.99. The van der Waals surface area contributed by atoms with Gasteiger partial charge in [0, 0.05) is 47.5 Å². The van der Waals surface area contributed by atoms with Gasteiger partial charge in [0.05, 0.1) is 39.1 Å². The van der Waals surface area contributed by atoms with E-state index < -0.39 is 0 Å². The molecule has 1 aliphatic heterocycles. The molecule has 0 saturated carbocycles. The van der Waals surface area contributed by atoms with E-state index in [0.717, 1.165) is 0 Å². The molecule has 8 aromatic carbocycles. The van der Waals surface area contributed by atoms with Crippen LogP contribution in [0, 0.1) is 0 Å². The lowest BCUT2D eigenvalue weighted by atomic mass is 10.0. The van der Waals surface area contributed by atoms with Crippen LogP contribution in [0.25, 0.3) is 93.3 Å². The average molecular weight is 654 g/mol. The number of para-hydroxylation sites is 4. The molecule has 4 heterocycles. The first kappa shape index (κ1) is 26.7. The van der Waals surface area contributed by atoms with Crippen molar-refractivity contribution in [3.63, 3.8) is 0 Å². The highest BCUT2D eigenvalue weighted by atomic mass is 32.2. The smallest absolute Gasteiger partial charge is 0.131 e. The molecule has 0 unspecified atom stereocenters. The molecule has 232 valence electrons. The van der Waals surface area contributed by atoms with Gasteiger partial charge in [-0.2, -0.15) is 0 Å². The van der Waals surface area contributed by atoms with Gasteiger partial charge in [-0.1, -0.05) is 127 Å². The SMILES string of the molecule is c1ccc2c(c1)Sc1cccc3c4c5ccccc5n(-c5cccc6c(-n7c8ccccc8c8c9ccccc9ccc87)cccc56)c4n-2c13. The molecule has 12 rings (SSSR count). The number of aromatic nitrogens is 3. The van der Waals surface area contributed by atoms with Gasteiger partial charge in [-0.25, -0.2) is 0 Å². The van der Waals surface area contributed by atoms with Gasteiger partial charge < -0.3 is 4.57 Å². The van der Waals surface area contributed by atoms with Crippen molar-refractivity contribution in [3.8, 4) is 17.1 Å². The summed E-state index contributed by atoms with van der Waals surface area (Å²) in [6.45, 7) is 0. The Balaban J connectivity index is 1.23. The number of hydrogen-bond acceptors (Lipinski definition) is 1. The minimum absolute atomic E-state index is 1.18. The van der Waals surface area contributed by atoms with Crippen LogP contribution in [0.1, 0.15) is 0 Å². The Bertz CT molecular complexity index is 3250. The molecule has 50 heavy (non-hydrogen) atoms. The lowest BCUT2D eigenvalue weighted by Crippen LogP contribution is -2.06. The predicted octanol–water partition coefficient (Wildman–Crippen LogP) is 12.6. The van der Waals surface area contributed by atoms with E-state index in [0.29, 0.717) is 0 Å². The standard InChI is InChI=1S/C46H27N3S/c1-2-13-29-28(12-1)26-27-40-43(29)32-14-3-5-19-37(32)47(40)35-22-9-17-31-30(35)16-10-23-36(31)48-38-20-6-4-15-33(38)44-34-18-11-25-42-45(34)49(46(44)48)39-21-7-8-24-41(39)50-42/h1-27H. The van der Waals surface area contributed by atoms with Crippen LogP contribution in [-0.4, -0.2) is 13.7 Å². The Labute approximate surface area is 291 Å². The van der Waals surface area contributed by atoms with Gasteiger partial charge in [0.15, 0.2) is 0 Å². The molecule has 3 aromatic heterocycles. The maximum atomic E-state index is 2.52. The highest BCUT2D eigenvalue weighted by Gasteiger charge is 2.28. The third kappa shape index (κ3) is 3.31. The molecular formula is C46H27N3S. The van der Waals surface area contributed by atoms with Crippen LogP contribution in [-0.2, 0) is 0 Å². The van der Waals surface area contributed by atoms with Gasteiger partial charge in [-0.15, -0.1) is 0 Å². The van der Waals surface area contributed by atoms with E-state index >= 15 is 0 Å². The molecule has 1 aliphatic rings. The van der Waals surface area contributed by atoms with Crippen LogP contribution in [0.2, 0.25) is 0 Å². The molecule has 0 radical (unpaired) electrons. The quantitative estimate of drug-likeness (QED) is 0.181. The summed E-state index contributed by atoms with van der Waals surface area (Å²) in [5, 5.41) is 11.4. The van der Waals surface area contributed by atoms with Crippen LogP contribution in [0.4, 0.5) is 0 Å². The first-order valence-electron chi connectivity index (χ1n) is 17.1. The Morgan fingerprint density at radius 1 is 0.320 bits per heavy atom. The Kier molecular flexibility index (Phi) is 5.17. The topological polar surface area (TPSA) is 14.8 Å². The summed E-state index contributed by atoms with van der Waals surface area (Å²) in [6, 6.07) is 60.3. The summed E-state index contributed by atoms with van der Waals surface area (Å²) in [6.07, 6.45) is 0. The zero-order valence-corrected chi connectivity index (χ0v) is 27.7. The molecule has 3 nitrogen and oxygen atoms in total. The summed E-state index contributed by atoms with van der Waals surface area (Å²) >= 11 is 1.87. The molecule has 0 N–H and O–H groups in total. The van der Waals surface area contributed by atoms with E-state index in [9.17, 15) is 0 Å². The summed E-state index contributed by atoms with van der Waals surface area (Å²) < 4.78 is 7.51. The second-order valence-corrected chi connectivity index (χ2v) is 14.4. The van der Waals surface area contributed by atoms with Gasteiger partial charge in [0.1, 0.15) is 5.65 Å². The second kappa shape index (κ2) is 9.69. The minimum atomic E-state index is 1.18. The molecule has 0 saturated heterocycles. The first-order chi connectivity index (χ1) is 24.8. The van der Waals surface area contributed by atoms with Gasteiger partial charge >= 0.3 is 0 Å². The van der Waals surface area contributed by atoms with Gasteiger partial charge in [-0.05, 0) is 59.3 Å². The van der Waals surface area contributed by atoms with Crippen molar-refractivity contribution in [2.45, 2.75) is 9.79 Å². The van der Waals surface area contributed by atoms with Crippen LogP contribution >= 0.6 is 11.8 Å². The molecule has 0 spiro atoms. The number of benzene rings is 8. The van der Waals surface area contributed by atoms with Crippen molar-refractivity contribution in [1.82, 2.24) is 13.7 Å². The molecule has 0 bridgehead atoms. The summed E-state index contributed by atoms with van der Waals surface area (Å²) in [5.41, 5.74) is 9.75. The van der Waals surface area contributed by atoms with Crippen molar-refractivity contribution in [1.29, 1.82) is 0 Å². The maximum absolute atomic E-state index is 2.52.